The van der Waals surface area contributed by atoms with Crippen LogP contribution in [0.2, 0.25) is 0 Å². The average Bonchev–Trinajstić information content (AvgIpc) is 3.38. The summed E-state index contributed by atoms with van der Waals surface area (Å²) in [5, 5.41) is 15.1. The van der Waals surface area contributed by atoms with E-state index in [4.69, 9.17) is 0 Å². The molecule has 1 aromatic rings. The van der Waals surface area contributed by atoms with Gasteiger partial charge < -0.3 is 20.6 Å². The molecule has 1 saturated heterocycles. The highest BCUT2D eigenvalue weighted by molar-refractivity contribution is 5.89. The zero-order valence-electron chi connectivity index (χ0n) is 13.7. The molecule has 2 amide bonds. The van der Waals surface area contributed by atoms with E-state index in [2.05, 4.69) is 21.6 Å². The van der Waals surface area contributed by atoms with Crippen LogP contribution in [0.1, 0.15) is 38.5 Å². The third kappa shape index (κ3) is 4.38. The van der Waals surface area contributed by atoms with Gasteiger partial charge in [0.25, 0.3) is 0 Å². The molecule has 5 nitrogen and oxygen atoms in total. The molecule has 2 fully saturated rings. The quantitative estimate of drug-likeness (QED) is 0.782. The van der Waals surface area contributed by atoms with Gasteiger partial charge in [-0.15, -0.1) is 0 Å². The van der Waals surface area contributed by atoms with Crippen LogP contribution in [0.25, 0.3) is 0 Å². The molecule has 3 N–H and O–H groups in total. The molecule has 0 atom stereocenters. The second-order valence-electron chi connectivity index (χ2n) is 6.92. The van der Waals surface area contributed by atoms with E-state index in [9.17, 15) is 9.90 Å². The SMILES string of the molecule is O=C(NCC1(CO)CC1)Nc1cccc(N2CCCCCC2)c1. The molecule has 0 unspecified atom stereocenters. The van der Waals surface area contributed by atoms with Gasteiger partial charge >= 0.3 is 6.03 Å². The van der Waals surface area contributed by atoms with E-state index in [0.717, 1.165) is 31.6 Å². The number of benzene rings is 1. The van der Waals surface area contributed by atoms with E-state index < -0.39 is 0 Å². The molecule has 0 bridgehead atoms. The third-order valence-corrected chi connectivity index (χ3v) is 4.99. The second-order valence-corrected chi connectivity index (χ2v) is 6.92. The lowest BCUT2D eigenvalue weighted by Gasteiger charge is -2.23. The monoisotopic (exact) mass is 317 g/mol. The number of rotatable bonds is 5. The zero-order valence-corrected chi connectivity index (χ0v) is 13.7. The fourth-order valence-corrected chi connectivity index (χ4v) is 3.12. The van der Waals surface area contributed by atoms with Crippen molar-refractivity contribution in [2.24, 2.45) is 5.41 Å². The first-order valence-electron chi connectivity index (χ1n) is 8.72. The first-order chi connectivity index (χ1) is 11.2. The molecule has 0 spiro atoms. The summed E-state index contributed by atoms with van der Waals surface area (Å²) >= 11 is 0. The van der Waals surface area contributed by atoms with E-state index in [1.54, 1.807) is 0 Å². The number of carbonyl (C=O) groups excluding carboxylic acids is 1. The summed E-state index contributed by atoms with van der Waals surface area (Å²) in [4.78, 5) is 14.4. The molecule has 23 heavy (non-hydrogen) atoms. The number of carbonyl (C=O) groups is 1. The smallest absolute Gasteiger partial charge is 0.319 e. The molecule has 1 heterocycles. The first-order valence-corrected chi connectivity index (χ1v) is 8.72. The van der Waals surface area contributed by atoms with E-state index >= 15 is 0 Å². The van der Waals surface area contributed by atoms with Crippen molar-refractivity contribution in [3.63, 3.8) is 0 Å². The predicted octanol–water partition coefficient (Wildman–Crippen LogP) is 2.96. The maximum Gasteiger partial charge on any atom is 0.319 e. The van der Waals surface area contributed by atoms with Gasteiger partial charge in [0.1, 0.15) is 0 Å². The van der Waals surface area contributed by atoms with Crippen LogP contribution < -0.4 is 15.5 Å². The van der Waals surface area contributed by atoms with Crippen molar-refractivity contribution in [2.45, 2.75) is 38.5 Å². The summed E-state index contributed by atoms with van der Waals surface area (Å²) in [5.74, 6) is 0. The predicted molar refractivity (Wildman–Crippen MR) is 92.9 cm³/mol. The maximum atomic E-state index is 12.0. The number of aliphatic hydroxyl groups excluding tert-OH is 1. The van der Waals surface area contributed by atoms with E-state index in [0.29, 0.717) is 6.54 Å². The number of hydrogen-bond acceptors (Lipinski definition) is 3. The molecule has 3 rings (SSSR count). The lowest BCUT2D eigenvalue weighted by atomic mass is 10.1. The fourth-order valence-electron chi connectivity index (χ4n) is 3.12. The van der Waals surface area contributed by atoms with Crippen molar-refractivity contribution >= 4 is 17.4 Å². The van der Waals surface area contributed by atoms with Crippen LogP contribution in [-0.4, -0.2) is 37.4 Å². The number of nitrogens with zero attached hydrogens (tertiary/aromatic N) is 1. The molecule has 126 valence electrons. The Kier molecular flexibility index (Phi) is 5.06. The van der Waals surface area contributed by atoms with Crippen molar-refractivity contribution in [1.29, 1.82) is 0 Å². The fraction of sp³-hybridized carbons (Fsp3) is 0.611. The van der Waals surface area contributed by atoms with Gasteiger partial charge in [-0.1, -0.05) is 18.9 Å². The van der Waals surface area contributed by atoms with Crippen molar-refractivity contribution in [1.82, 2.24) is 5.32 Å². The molecule has 1 saturated carbocycles. The molecular weight excluding hydrogens is 290 g/mol. The minimum atomic E-state index is -0.197. The summed E-state index contributed by atoms with van der Waals surface area (Å²) in [7, 11) is 0. The van der Waals surface area contributed by atoms with Gasteiger partial charge in [-0.25, -0.2) is 4.79 Å². The maximum absolute atomic E-state index is 12.0. The molecule has 2 aliphatic rings. The van der Waals surface area contributed by atoms with Crippen LogP contribution in [0.5, 0.6) is 0 Å². The van der Waals surface area contributed by atoms with Crippen molar-refractivity contribution < 1.29 is 9.90 Å². The number of anilines is 2. The first kappa shape index (κ1) is 16.1. The lowest BCUT2D eigenvalue weighted by molar-refractivity contribution is 0.206. The van der Waals surface area contributed by atoms with Crippen LogP contribution in [0, 0.1) is 5.41 Å². The number of aliphatic hydroxyl groups is 1. The Morgan fingerprint density at radius 1 is 1.17 bits per heavy atom. The summed E-state index contributed by atoms with van der Waals surface area (Å²) in [6, 6.07) is 7.87. The molecule has 0 radical (unpaired) electrons. The summed E-state index contributed by atoms with van der Waals surface area (Å²) in [6.45, 7) is 2.88. The normalized spacial score (nSPS) is 19.8. The van der Waals surface area contributed by atoms with Gasteiger partial charge in [0.15, 0.2) is 0 Å². The number of amides is 2. The molecular formula is C18H27N3O2. The van der Waals surface area contributed by atoms with Crippen molar-refractivity contribution in [2.75, 3.05) is 36.5 Å². The van der Waals surface area contributed by atoms with Gasteiger partial charge in [-0.05, 0) is 43.9 Å². The van der Waals surface area contributed by atoms with Gasteiger partial charge in [-0.3, -0.25) is 0 Å². The van der Waals surface area contributed by atoms with Gasteiger partial charge in [0, 0.05) is 36.4 Å². The largest absolute Gasteiger partial charge is 0.396 e. The van der Waals surface area contributed by atoms with Gasteiger partial charge in [-0.2, -0.15) is 0 Å². The van der Waals surface area contributed by atoms with Crippen molar-refractivity contribution in [3.05, 3.63) is 24.3 Å². The van der Waals surface area contributed by atoms with Crippen LogP contribution in [0.3, 0.4) is 0 Å². The number of hydrogen-bond donors (Lipinski definition) is 3. The molecule has 1 aromatic carbocycles. The topological polar surface area (TPSA) is 64.6 Å². The Morgan fingerprint density at radius 3 is 2.57 bits per heavy atom. The highest BCUT2D eigenvalue weighted by Crippen LogP contribution is 2.44. The number of urea groups is 1. The Bertz CT molecular complexity index is 535. The Balaban J connectivity index is 1.55. The second kappa shape index (κ2) is 7.21. The van der Waals surface area contributed by atoms with Crippen LogP contribution >= 0.6 is 0 Å². The standard InChI is InChI=1S/C18H27N3O2/c22-14-18(8-9-18)13-19-17(23)20-15-6-5-7-16(12-15)21-10-3-1-2-4-11-21/h5-7,12,22H,1-4,8-11,13-14H2,(H2,19,20,23). The third-order valence-electron chi connectivity index (χ3n) is 4.99. The average molecular weight is 317 g/mol. The van der Waals surface area contributed by atoms with Crippen LogP contribution in [-0.2, 0) is 0 Å². The van der Waals surface area contributed by atoms with Gasteiger partial charge in [0.05, 0.1) is 6.61 Å². The summed E-state index contributed by atoms with van der Waals surface area (Å²) in [5.41, 5.74) is 1.93. The van der Waals surface area contributed by atoms with E-state index in [-0.39, 0.29) is 18.1 Å². The molecule has 1 aliphatic heterocycles. The van der Waals surface area contributed by atoms with Crippen molar-refractivity contribution in [3.8, 4) is 0 Å². The highest BCUT2D eigenvalue weighted by Gasteiger charge is 2.42. The minimum Gasteiger partial charge on any atom is -0.396 e. The summed E-state index contributed by atoms with van der Waals surface area (Å²) in [6.07, 6.45) is 7.08. The Hall–Kier alpha value is -1.75. The number of nitrogens with one attached hydrogen (secondary N) is 2. The van der Waals surface area contributed by atoms with E-state index in [1.807, 2.05) is 18.2 Å². The summed E-state index contributed by atoms with van der Waals surface area (Å²) < 4.78 is 0. The van der Waals surface area contributed by atoms with Crippen LogP contribution in [0.15, 0.2) is 24.3 Å². The zero-order chi connectivity index (χ0) is 16.1. The van der Waals surface area contributed by atoms with Gasteiger partial charge in [0.2, 0.25) is 0 Å². The molecule has 5 heteroatoms. The Labute approximate surface area is 138 Å². The van der Waals surface area contributed by atoms with E-state index in [1.165, 1.54) is 31.4 Å². The molecule has 1 aliphatic carbocycles. The van der Waals surface area contributed by atoms with Crippen LogP contribution in [0.4, 0.5) is 16.2 Å². The Morgan fingerprint density at radius 2 is 1.91 bits per heavy atom. The molecule has 0 aromatic heterocycles. The minimum absolute atomic E-state index is 0.0642. The highest BCUT2D eigenvalue weighted by atomic mass is 16.3. The lowest BCUT2D eigenvalue weighted by Crippen LogP contribution is -2.35.